The van der Waals surface area contributed by atoms with Gasteiger partial charge < -0.3 is 14.4 Å². The maximum Gasteiger partial charge on any atom is 0.0753 e. The fraction of sp³-hybridized carbons (Fsp3) is 0.875. The van der Waals surface area contributed by atoms with E-state index in [-0.39, 0.29) is 0 Å². The normalized spacial score (nSPS) is 9.91. The maximum absolute atomic E-state index is 8.89. The van der Waals surface area contributed by atoms with Crippen molar-refractivity contribution in [3.8, 4) is 0 Å². The predicted octanol–water partition coefficient (Wildman–Crippen LogP) is -0.141. The Labute approximate surface area is 69.2 Å². The minimum atomic E-state index is -1.08. The van der Waals surface area contributed by atoms with Gasteiger partial charge in [0.1, 0.15) is 0 Å². The summed E-state index contributed by atoms with van der Waals surface area (Å²) in [6, 6.07) is 0. The molecule has 0 aliphatic heterocycles. The standard InChI is InChI=1S/C6H16N.C2H4O2/c1-5-7(3,4)6-2;1-2(3)4/h5-6H2,1-4H3;1H3,(H,3,4)/q+1;/p-1. The van der Waals surface area contributed by atoms with Crippen molar-refractivity contribution in [2.24, 2.45) is 0 Å². The van der Waals surface area contributed by atoms with Gasteiger partial charge in [0.15, 0.2) is 0 Å². The summed E-state index contributed by atoms with van der Waals surface area (Å²) < 4.78 is 1.14. The zero-order chi connectivity index (χ0) is 9.49. The Balaban J connectivity index is 0. The lowest BCUT2D eigenvalue weighted by atomic mass is 10.5. The Hall–Kier alpha value is -0.570. The summed E-state index contributed by atoms with van der Waals surface area (Å²) >= 11 is 0. The van der Waals surface area contributed by atoms with Crippen LogP contribution in [0.4, 0.5) is 0 Å². The van der Waals surface area contributed by atoms with E-state index >= 15 is 0 Å². The van der Waals surface area contributed by atoms with Gasteiger partial charge in [0.25, 0.3) is 0 Å². The van der Waals surface area contributed by atoms with Crippen LogP contribution in [0.2, 0.25) is 0 Å². The summed E-state index contributed by atoms with van der Waals surface area (Å²) in [6.07, 6.45) is 0. The molecule has 0 radical (unpaired) electrons. The molecular weight excluding hydrogens is 142 g/mol. The molecule has 0 unspecified atom stereocenters. The molecule has 0 N–H and O–H groups in total. The minimum absolute atomic E-state index is 0.972. The second-order valence-electron chi connectivity index (χ2n) is 3.06. The largest absolute Gasteiger partial charge is 0.550 e. The first-order valence-corrected chi connectivity index (χ1v) is 3.85. The Morgan fingerprint density at radius 3 is 1.45 bits per heavy atom. The molecule has 0 aromatic carbocycles. The number of quaternary nitrogens is 1. The number of carbonyl (C=O) groups is 1. The average Bonchev–Trinajstić information content (AvgIpc) is 1.87. The van der Waals surface area contributed by atoms with E-state index in [0.29, 0.717) is 0 Å². The van der Waals surface area contributed by atoms with Crippen molar-refractivity contribution < 1.29 is 14.4 Å². The molecule has 0 amide bonds. The van der Waals surface area contributed by atoms with Crippen LogP contribution in [0.25, 0.3) is 0 Å². The summed E-state index contributed by atoms with van der Waals surface area (Å²) in [5, 5.41) is 8.89. The third-order valence-corrected chi connectivity index (χ3v) is 1.71. The highest BCUT2D eigenvalue weighted by Gasteiger charge is 2.04. The molecule has 68 valence electrons. The van der Waals surface area contributed by atoms with Crippen LogP contribution in [0.3, 0.4) is 0 Å². The molecule has 0 saturated carbocycles. The molecular formula is C8H19NO2. The Morgan fingerprint density at radius 2 is 1.45 bits per heavy atom. The van der Waals surface area contributed by atoms with Crippen LogP contribution in [0.15, 0.2) is 0 Å². The van der Waals surface area contributed by atoms with Gasteiger partial charge in [-0.1, -0.05) is 0 Å². The lowest BCUT2D eigenvalue weighted by molar-refractivity contribution is -0.886. The third kappa shape index (κ3) is 17.7. The third-order valence-electron chi connectivity index (χ3n) is 1.71. The Bertz CT molecular complexity index is 101. The van der Waals surface area contributed by atoms with Crippen molar-refractivity contribution in [1.29, 1.82) is 0 Å². The molecule has 0 aromatic rings. The van der Waals surface area contributed by atoms with Crippen molar-refractivity contribution in [1.82, 2.24) is 0 Å². The number of rotatable bonds is 2. The summed E-state index contributed by atoms with van der Waals surface area (Å²) in [4.78, 5) is 8.89. The van der Waals surface area contributed by atoms with Gasteiger partial charge in [0, 0.05) is 5.97 Å². The molecule has 3 heteroatoms. The number of nitrogens with zero attached hydrogens (tertiary/aromatic N) is 1. The minimum Gasteiger partial charge on any atom is -0.550 e. The van der Waals surface area contributed by atoms with Crippen molar-refractivity contribution in [2.75, 3.05) is 27.2 Å². The summed E-state index contributed by atoms with van der Waals surface area (Å²) in [5.74, 6) is -1.08. The van der Waals surface area contributed by atoms with E-state index in [2.05, 4.69) is 27.9 Å². The molecule has 0 fully saturated rings. The van der Waals surface area contributed by atoms with Crippen molar-refractivity contribution in [3.63, 3.8) is 0 Å². The second-order valence-corrected chi connectivity index (χ2v) is 3.06. The monoisotopic (exact) mass is 161 g/mol. The molecule has 0 saturated heterocycles. The highest BCUT2D eigenvalue weighted by molar-refractivity contribution is 5.60. The first-order valence-electron chi connectivity index (χ1n) is 3.85. The van der Waals surface area contributed by atoms with Gasteiger partial charge in [-0.2, -0.15) is 0 Å². The number of carboxylic acid groups (broad SMARTS) is 1. The molecule has 0 aliphatic carbocycles. The lowest BCUT2D eigenvalue weighted by Gasteiger charge is -2.25. The van der Waals surface area contributed by atoms with E-state index in [0.717, 1.165) is 11.4 Å². The zero-order valence-electron chi connectivity index (χ0n) is 8.18. The van der Waals surface area contributed by atoms with Crippen molar-refractivity contribution in [3.05, 3.63) is 0 Å². The predicted molar refractivity (Wildman–Crippen MR) is 43.9 cm³/mol. The van der Waals surface area contributed by atoms with Crippen LogP contribution >= 0.6 is 0 Å². The quantitative estimate of drug-likeness (QED) is 0.529. The summed E-state index contributed by atoms with van der Waals surface area (Å²) in [5.41, 5.74) is 0. The van der Waals surface area contributed by atoms with Crippen LogP contribution in [0.1, 0.15) is 20.8 Å². The first kappa shape index (κ1) is 13.1. The van der Waals surface area contributed by atoms with Gasteiger partial charge in [-0.3, -0.25) is 0 Å². The lowest BCUT2D eigenvalue weighted by Crippen LogP contribution is -2.38. The molecule has 11 heavy (non-hydrogen) atoms. The number of hydrogen-bond acceptors (Lipinski definition) is 2. The molecule has 0 aromatic heterocycles. The van der Waals surface area contributed by atoms with Gasteiger partial charge in [0.05, 0.1) is 27.2 Å². The number of aliphatic carboxylic acids is 1. The topological polar surface area (TPSA) is 40.1 Å². The average molecular weight is 161 g/mol. The van der Waals surface area contributed by atoms with Crippen molar-refractivity contribution >= 4 is 5.97 Å². The first-order chi connectivity index (χ1) is 4.85. The molecule has 0 heterocycles. The van der Waals surface area contributed by atoms with E-state index in [1.165, 1.54) is 13.1 Å². The number of carboxylic acids is 1. The van der Waals surface area contributed by atoms with Crippen LogP contribution < -0.4 is 5.11 Å². The Kier molecular flexibility index (Phi) is 7.31. The molecule has 3 nitrogen and oxygen atoms in total. The molecule has 0 atom stereocenters. The number of carbonyl (C=O) groups excluding carboxylic acids is 1. The SMILES string of the molecule is CC(=O)[O-].CC[N+](C)(C)CC. The summed E-state index contributed by atoms with van der Waals surface area (Å²) in [6.45, 7) is 7.86. The van der Waals surface area contributed by atoms with E-state index in [9.17, 15) is 0 Å². The van der Waals surface area contributed by atoms with E-state index in [1.807, 2.05) is 0 Å². The van der Waals surface area contributed by atoms with Crippen LogP contribution in [-0.2, 0) is 4.79 Å². The fourth-order valence-electron chi connectivity index (χ4n) is 0.224. The summed E-state index contributed by atoms with van der Waals surface area (Å²) in [7, 11) is 4.47. The van der Waals surface area contributed by atoms with E-state index < -0.39 is 5.97 Å². The van der Waals surface area contributed by atoms with Crippen LogP contribution in [0.5, 0.6) is 0 Å². The Morgan fingerprint density at radius 1 is 1.27 bits per heavy atom. The van der Waals surface area contributed by atoms with Gasteiger partial charge in [-0.25, -0.2) is 0 Å². The van der Waals surface area contributed by atoms with Gasteiger partial charge >= 0.3 is 0 Å². The zero-order valence-corrected chi connectivity index (χ0v) is 8.18. The van der Waals surface area contributed by atoms with Gasteiger partial charge in [-0.15, -0.1) is 0 Å². The highest BCUT2D eigenvalue weighted by Crippen LogP contribution is 1.91. The molecule has 0 bridgehead atoms. The smallest absolute Gasteiger partial charge is 0.0753 e. The fourth-order valence-corrected chi connectivity index (χ4v) is 0.224. The number of hydrogen-bond donors (Lipinski definition) is 0. The van der Waals surface area contributed by atoms with E-state index in [1.54, 1.807) is 0 Å². The van der Waals surface area contributed by atoms with Gasteiger partial charge in [-0.05, 0) is 20.8 Å². The highest BCUT2D eigenvalue weighted by atomic mass is 16.4. The maximum atomic E-state index is 8.89. The van der Waals surface area contributed by atoms with Crippen molar-refractivity contribution in [2.45, 2.75) is 20.8 Å². The second kappa shape index (κ2) is 6.16. The van der Waals surface area contributed by atoms with Gasteiger partial charge in [0.2, 0.25) is 0 Å². The van der Waals surface area contributed by atoms with Crippen LogP contribution in [0, 0.1) is 0 Å². The molecule has 0 rings (SSSR count). The molecule has 0 spiro atoms. The van der Waals surface area contributed by atoms with Crippen LogP contribution in [-0.4, -0.2) is 37.6 Å². The van der Waals surface area contributed by atoms with E-state index in [4.69, 9.17) is 9.90 Å². The molecule has 0 aliphatic rings.